The average molecular weight is 372 g/mol. The average Bonchev–Trinajstić information content (AvgIpc) is 2.88. The smallest absolute Gasteiger partial charge is 0.254 e. The van der Waals surface area contributed by atoms with Gasteiger partial charge in [0.25, 0.3) is 5.91 Å². The van der Waals surface area contributed by atoms with Crippen LogP contribution in [0.2, 0.25) is 0 Å². The number of amides is 1. The van der Waals surface area contributed by atoms with Crippen LogP contribution in [-0.2, 0) is 0 Å². The maximum absolute atomic E-state index is 12.6. The van der Waals surface area contributed by atoms with Crippen molar-refractivity contribution in [2.24, 2.45) is 11.7 Å². The minimum atomic E-state index is 0.124. The van der Waals surface area contributed by atoms with Crippen LogP contribution in [0.15, 0.2) is 18.2 Å². The van der Waals surface area contributed by atoms with E-state index in [4.69, 9.17) is 5.73 Å². The summed E-state index contributed by atoms with van der Waals surface area (Å²) >= 11 is 2.26. The second-order valence-electron chi connectivity index (χ2n) is 5.35. The molecule has 2 unspecified atom stereocenters. The zero-order chi connectivity index (χ0) is 14.0. The summed E-state index contributed by atoms with van der Waals surface area (Å²) in [6.07, 6.45) is 3.39. The number of rotatable bonds is 3. The van der Waals surface area contributed by atoms with Gasteiger partial charge < -0.3 is 10.6 Å². The summed E-state index contributed by atoms with van der Waals surface area (Å²) < 4.78 is 1.05. The van der Waals surface area contributed by atoms with Gasteiger partial charge in [0.05, 0.1) is 5.56 Å². The molecule has 1 saturated carbocycles. The molecule has 0 saturated heterocycles. The number of aryl methyl sites for hydroxylation is 1. The fraction of sp³-hybridized carbons (Fsp3) is 0.533. The molecular formula is C15H21IN2O. The van der Waals surface area contributed by atoms with Crippen LogP contribution in [0, 0.1) is 16.4 Å². The van der Waals surface area contributed by atoms with E-state index < -0.39 is 0 Å². The molecule has 19 heavy (non-hydrogen) atoms. The molecule has 2 N–H and O–H groups in total. The lowest BCUT2D eigenvalue weighted by atomic mass is 10.0. The Kier molecular flexibility index (Phi) is 4.84. The summed E-state index contributed by atoms with van der Waals surface area (Å²) in [7, 11) is 1.92. The van der Waals surface area contributed by atoms with Gasteiger partial charge in [0.1, 0.15) is 0 Å². The highest BCUT2D eigenvalue weighted by atomic mass is 127. The van der Waals surface area contributed by atoms with Crippen molar-refractivity contribution in [3.05, 3.63) is 32.9 Å². The highest BCUT2D eigenvalue weighted by Gasteiger charge is 2.32. The van der Waals surface area contributed by atoms with Gasteiger partial charge >= 0.3 is 0 Å². The van der Waals surface area contributed by atoms with E-state index in [1.54, 1.807) is 0 Å². The monoisotopic (exact) mass is 372 g/mol. The third-order valence-corrected chi connectivity index (χ3v) is 5.59. The largest absolute Gasteiger partial charge is 0.338 e. The second kappa shape index (κ2) is 6.22. The van der Waals surface area contributed by atoms with E-state index in [1.807, 2.05) is 37.1 Å². The van der Waals surface area contributed by atoms with E-state index in [-0.39, 0.29) is 5.91 Å². The Morgan fingerprint density at radius 3 is 2.89 bits per heavy atom. The van der Waals surface area contributed by atoms with Crippen LogP contribution >= 0.6 is 22.6 Å². The Hall–Kier alpha value is -0.620. The number of hydrogen-bond acceptors (Lipinski definition) is 2. The zero-order valence-corrected chi connectivity index (χ0v) is 13.7. The molecule has 1 aromatic carbocycles. The first-order chi connectivity index (χ1) is 9.06. The summed E-state index contributed by atoms with van der Waals surface area (Å²) in [6.45, 7) is 2.71. The van der Waals surface area contributed by atoms with E-state index in [0.29, 0.717) is 18.5 Å². The summed E-state index contributed by atoms with van der Waals surface area (Å²) in [6, 6.07) is 6.21. The second-order valence-corrected chi connectivity index (χ2v) is 6.43. The molecule has 0 heterocycles. The maximum atomic E-state index is 12.6. The van der Waals surface area contributed by atoms with Gasteiger partial charge in [-0.3, -0.25) is 4.79 Å². The molecule has 1 aliphatic carbocycles. The molecule has 2 rings (SSSR count). The number of halogens is 1. The molecule has 0 aromatic heterocycles. The van der Waals surface area contributed by atoms with Gasteiger partial charge in [0.2, 0.25) is 0 Å². The van der Waals surface area contributed by atoms with E-state index >= 15 is 0 Å². The molecule has 0 bridgehead atoms. The van der Waals surface area contributed by atoms with Crippen LogP contribution < -0.4 is 5.73 Å². The van der Waals surface area contributed by atoms with Crippen molar-refractivity contribution in [1.29, 1.82) is 0 Å². The molecule has 1 aliphatic rings. The normalized spacial score (nSPS) is 22.5. The fourth-order valence-electron chi connectivity index (χ4n) is 2.96. The Bertz CT molecular complexity index is 475. The van der Waals surface area contributed by atoms with Crippen molar-refractivity contribution in [3.63, 3.8) is 0 Å². The van der Waals surface area contributed by atoms with Gasteiger partial charge in [-0.15, -0.1) is 0 Å². The van der Waals surface area contributed by atoms with Gasteiger partial charge in [-0.25, -0.2) is 0 Å². The Morgan fingerprint density at radius 2 is 2.21 bits per heavy atom. The Morgan fingerprint density at radius 1 is 1.47 bits per heavy atom. The van der Waals surface area contributed by atoms with Gasteiger partial charge in [-0.05, 0) is 66.4 Å². The first kappa shape index (κ1) is 14.8. The molecule has 3 nitrogen and oxygen atoms in total. The molecule has 1 amide bonds. The highest BCUT2D eigenvalue weighted by Crippen LogP contribution is 2.30. The van der Waals surface area contributed by atoms with Crippen LogP contribution in [0.4, 0.5) is 0 Å². The van der Waals surface area contributed by atoms with E-state index in [9.17, 15) is 4.79 Å². The van der Waals surface area contributed by atoms with E-state index in [1.165, 1.54) is 6.42 Å². The van der Waals surface area contributed by atoms with Crippen molar-refractivity contribution >= 4 is 28.5 Å². The lowest BCUT2D eigenvalue weighted by Crippen LogP contribution is -2.41. The predicted octanol–water partition coefficient (Wildman–Crippen LogP) is 2.80. The molecule has 1 aromatic rings. The lowest BCUT2D eigenvalue weighted by molar-refractivity contribution is 0.0698. The number of carbonyl (C=O) groups excluding carboxylic acids is 1. The predicted molar refractivity (Wildman–Crippen MR) is 86.2 cm³/mol. The number of hydrogen-bond donors (Lipinski definition) is 1. The first-order valence-electron chi connectivity index (χ1n) is 6.78. The fourth-order valence-corrected chi connectivity index (χ4v) is 3.55. The highest BCUT2D eigenvalue weighted by molar-refractivity contribution is 14.1. The maximum Gasteiger partial charge on any atom is 0.254 e. The third kappa shape index (κ3) is 2.94. The first-order valence-corrected chi connectivity index (χ1v) is 7.86. The van der Waals surface area contributed by atoms with Crippen LogP contribution in [0.5, 0.6) is 0 Å². The van der Waals surface area contributed by atoms with Crippen molar-refractivity contribution in [3.8, 4) is 0 Å². The van der Waals surface area contributed by atoms with Crippen LogP contribution in [0.3, 0.4) is 0 Å². The van der Waals surface area contributed by atoms with E-state index in [2.05, 4.69) is 22.6 Å². The molecule has 0 spiro atoms. The van der Waals surface area contributed by atoms with Crippen LogP contribution in [0.1, 0.15) is 35.2 Å². The third-order valence-electron chi connectivity index (χ3n) is 4.16. The molecule has 0 aliphatic heterocycles. The summed E-state index contributed by atoms with van der Waals surface area (Å²) in [4.78, 5) is 14.6. The number of nitrogens with two attached hydrogens (primary N) is 1. The molecular weight excluding hydrogens is 351 g/mol. The van der Waals surface area contributed by atoms with Gasteiger partial charge in [-0.2, -0.15) is 0 Å². The zero-order valence-electron chi connectivity index (χ0n) is 11.5. The van der Waals surface area contributed by atoms with Crippen LogP contribution in [0.25, 0.3) is 0 Å². The molecule has 104 valence electrons. The van der Waals surface area contributed by atoms with Gasteiger partial charge in [0, 0.05) is 16.7 Å². The Balaban J connectivity index is 2.21. The number of nitrogens with zero attached hydrogens (tertiary/aromatic N) is 1. The van der Waals surface area contributed by atoms with Gasteiger partial charge in [-0.1, -0.05) is 18.6 Å². The minimum absolute atomic E-state index is 0.124. The lowest BCUT2D eigenvalue weighted by Gasteiger charge is -2.29. The molecule has 2 atom stereocenters. The summed E-state index contributed by atoms with van der Waals surface area (Å²) in [5, 5.41) is 0. The van der Waals surface area contributed by atoms with Crippen LogP contribution in [-0.4, -0.2) is 30.4 Å². The summed E-state index contributed by atoms with van der Waals surface area (Å²) in [5.41, 5.74) is 7.78. The number of carbonyl (C=O) groups is 1. The SMILES string of the molecule is Cc1cccc(C(=O)N(C)C2CCCC2CN)c1I. The van der Waals surface area contributed by atoms with Gasteiger partial charge in [0.15, 0.2) is 0 Å². The van der Waals surface area contributed by atoms with Crippen molar-refractivity contribution in [2.75, 3.05) is 13.6 Å². The molecule has 4 heteroatoms. The van der Waals surface area contributed by atoms with Crippen molar-refractivity contribution in [1.82, 2.24) is 4.90 Å². The Labute approximate surface area is 128 Å². The van der Waals surface area contributed by atoms with Crippen molar-refractivity contribution < 1.29 is 4.79 Å². The topological polar surface area (TPSA) is 46.3 Å². The van der Waals surface area contributed by atoms with Crippen molar-refractivity contribution in [2.45, 2.75) is 32.2 Å². The van der Waals surface area contributed by atoms with E-state index in [0.717, 1.165) is 27.5 Å². The summed E-state index contributed by atoms with van der Waals surface area (Å²) in [5.74, 6) is 0.579. The standard InChI is InChI=1S/C15H21IN2O/c1-10-5-3-7-12(14(10)16)15(19)18(2)13-8-4-6-11(13)9-17/h3,5,7,11,13H,4,6,8-9,17H2,1-2H3. The molecule has 1 fully saturated rings. The number of benzene rings is 1. The molecule has 0 radical (unpaired) electrons. The minimum Gasteiger partial charge on any atom is -0.338 e. The quantitative estimate of drug-likeness (QED) is 0.830.